The van der Waals surface area contributed by atoms with Crippen molar-refractivity contribution in [1.82, 2.24) is 20.1 Å². The molecule has 1 aromatic carbocycles. The molecule has 0 atom stereocenters. The van der Waals surface area contributed by atoms with Gasteiger partial charge >= 0.3 is 0 Å². The summed E-state index contributed by atoms with van der Waals surface area (Å²) in [6, 6.07) is 5.48. The minimum absolute atomic E-state index is 0.139. The van der Waals surface area contributed by atoms with Gasteiger partial charge in [0.1, 0.15) is 12.7 Å². The Morgan fingerprint density at radius 2 is 2.25 bits per heavy atom. The number of hydrogen-bond acceptors (Lipinski definition) is 4. The number of benzene rings is 1. The van der Waals surface area contributed by atoms with Crippen LogP contribution in [-0.2, 0) is 17.8 Å². The minimum atomic E-state index is -0.139. The van der Waals surface area contributed by atoms with E-state index in [1.165, 1.54) is 12.4 Å². The van der Waals surface area contributed by atoms with E-state index in [1.807, 2.05) is 6.07 Å². The van der Waals surface area contributed by atoms with E-state index >= 15 is 0 Å². The Morgan fingerprint density at radius 1 is 1.38 bits per heavy atom. The molecule has 0 aliphatic carbocycles. The second kappa shape index (κ2) is 7.08. The van der Waals surface area contributed by atoms with Gasteiger partial charge in [0.25, 0.3) is 5.91 Å². The molecule has 1 aliphatic rings. The van der Waals surface area contributed by atoms with Crippen LogP contribution in [0.15, 0.2) is 43.5 Å². The smallest absolute Gasteiger partial charge is 0.251 e. The number of nitrogens with one attached hydrogen (secondary N) is 1. The molecule has 7 nitrogen and oxygen atoms in total. The zero-order valence-corrected chi connectivity index (χ0v) is 13.3. The minimum Gasteiger partial charge on any atom is -0.350 e. The Kier molecular flexibility index (Phi) is 4.69. The van der Waals surface area contributed by atoms with E-state index < -0.39 is 0 Å². The lowest BCUT2D eigenvalue weighted by molar-refractivity contribution is -0.114. The van der Waals surface area contributed by atoms with Gasteiger partial charge in [-0.05, 0) is 36.6 Å². The lowest BCUT2D eigenvalue weighted by Gasteiger charge is -2.29. The molecule has 1 N–H and O–H groups in total. The summed E-state index contributed by atoms with van der Waals surface area (Å²) in [7, 11) is 0. The highest BCUT2D eigenvalue weighted by molar-refractivity contribution is 6.04. The molecule has 124 valence electrons. The first-order chi connectivity index (χ1) is 11.7. The molecule has 3 rings (SSSR count). The second-order valence-electron chi connectivity index (χ2n) is 5.52. The molecule has 0 spiro atoms. The lowest BCUT2D eigenvalue weighted by Crippen LogP contribution is -2.36. The fourth-order valence-corrected chi connectivity index (χ4v) is 2.90. The maximum Gasteiger partial charge on any atom is 0.251 e. The summed E-state index contributed by atoms with van der Waals surface area (Å²) in [6.45, 7) is 5.21. The Hall–Kier alpha value is -2.96. The van der Waals surface area contributed by atoms with Gasteiger partial charge in [-0.1, -0.05) is 12.6 Å². The Labute approximate surface area is 140 Å². The molecule has 2 amide bonds. The first-order valence-electron chi connectivity index (χ1n) is 7.87. The van der Waals surface area contributed by atoms with Crippen molar-refractivity contribution in [2.24, 2.45) is 0 Å². The zero-order valence-electron chi connectivity index (χ0n) is 13.3. The molecule has 1 aromatic heterocycles. The number of carbonyl (C=O) groups excluding carboxylic acids is 2. The van der Waals surface area contributed by atoms with Gasteiger partial charge < -0.3 is 10.2 Å². The molecule has 0 bridgehead atoms. The van der Waals surface area contributed by atoms with E-state index in [4.69, 9.17) is 0 Å². The van der Waals surface area contributed by atoms with Crippen molar-refractivity contribution in [2.75, 3.05) is 18.0 Å². The lowest BCUT2D eigenvalue weighted by atomic mass is 9.95. The second-order valence-corrected chi connectivity index (χ2v) is 5.52. The van der Waals surface area contributed by atoms with Gasteiger partial charge in [-0.2, -0.15) is 5.10 Å². The van der Waals surface area contributed by atoms with E-state index in [0.29, 0.717) is 25.2 Å². The predicted octanol–water partition coefficient (Wildman–Crippen LogP) is 1.17. The molecule has 7 heteroatoms. The highest BCUT2D eigenvalue weighted by Gasteiger charge is 2.24. The van der Waals surface area contributed by atoms with Crippen molar-refractivity contribution in [3.63, 3.8) is 0 Å². The van der Waals surface area contributed by atoms with Gasteiger partial charge in [-0.3, -0.25) is 14.3 Å². The molecule has 0 fully saturated rings. The summed E-state index contributed by atoms with van der Waals surface area (Å²) < 4.78 is 1.66. The maximum atomic E-state index is 12.5. The molecule has 0 radical (unpaired) electrons. The van der Waals surface area contributed by atoms with Crippen LogP contribution >= 0.6 is 0 Å². The van der Waals surface area contributed by atoms with Crippen LogP contribution in [0.3, 0.4) is 0 Å². The third-order valence-corrected chi connectivity index (χ3v) is 4.03. The van der Waals surface area contributed by atoms with E-state index in [9.17, 15) is 9.59 Å². The summed E-state index contributed by atoms with van der Waals surface area (Å²) in [5, 5.41) is 6.89. The summed E-state index contributed by atoms with van der Waals surface area (Å²) in [6.07, 6.45) is 5.98. The fraction of sp³-hybridized carbons (Fsp3) is 0.294. The van der Waals surface area contributed by atoms with Crippen LogP contribution in [-0.4, -0.2) is 39.7 Å². The van der Waals surface area contributed by atoms with Crippen LogP contribution in [0.4, 0.5) is 5.69 Å². The molecule has 1 aliphatic heterocycles. The van der Waals surface area contributed by atoms with E-state index in [1.54, 1.807) is 28.0 Å². The largest absolute Gasteiger partial charge is 0.350 e. The average Bonchev–Trinajstić information content (AvgIpc) is 3.13. The first kappa shape index (κ1) is 15.9. The molecule has 0 unspecified atom stereocenters. The molecule has 0 saturated carbocycles. The first-order valence-corrected chi connectivity index (χ1v) is 7.87. The van der Waals surface area contributed by atoms with Crippen LogP contribution in [0, 0.1) is 0 Å². The Morgan fingerprint density at radius 3 is 3.00 bits per heavy atom. The average molecular weight is 325 g/mol. The van der Waals surface area contributed by atoms with Crippen molar-refractivity contribution in [3.8, 4) is 0 Å². The molecule has 2 aromatic rings. The van der Waals surface area contributed by atoms with Crippen molar-refractivity contribution in [1.29, 1.82) is 0 Å². The zero-order chi connectivity index (χ0) is 16.9. The quantitative estimate of drug-likeness (QED) is 0.837. The Balaban J connectivity index is 1.75. The number of hydrogen-bond donors (Lipinski definition) is 1. The van der Waals surface area contributed by atoms with Crippen molar-refractivity contribution < 1.29 is 9.59 Å². The molecular weight excluding hydrogens is 306 g/mol. The number of fused-ring (bicyclic) bond motifs is 1. The number of nitrogens with zero attached hydrogens (tertiary/aromatic N) is 4. The van der Waals surface area contributed by atoms with Gasteiger partial charge in [-0.15, -0.1) is 0 Å². The number of amides is 2. The molecule has 0 saturated heterocycles. The summed E-state index contributed by atoms with van der Waals surface area (Å²) >= 11 is 0. The monoisotopic (exact) mass is 325 g/mol. The van der Waals surface area contributed by atoms with Crippen molar-refractivity contribution in [2.45, 2.75) is 19.4 Å². The number of carbonyl (C=O) groups is 2. The predicted molar refractivity (Wildman–Crippen MR) is 89.7 cm³/mol. The van der Waals surface area contributed by atoms with Gasteiger partial charge in [0.15, 0.2) is 0 Å². The summed E-state index contributed by atoms with van der Waals surface area (Å²) in [5.74, 6) is -0.278. The number of rotatable bonds is 5. The molecule has 2 heterocycles. The van der Waals surface area contributed by atoms with Gasteiger partial charge in [0.05, 0.1) is 6.54 Å². The topological polar surface area (TPSA) is 80.1 Å². The van der Waals surface area contributed by atoms with Crippen LogP contribution in [0.5, 0.6) is 0 Å². The maximum absolute atomic E-state index is 12.5. The van der Waals surface area contributed by atoms with Gasteiger partial charge in [0.2, 0.25) is 5.91 Å². The third kappa shape index (κ3) is 3.19. The Bertz CT molecular complexity index is 754. The highest BCUT2D eigenvalue weighted by Crippen LogP contribution is 2.30. The van der Waals surface area contributed by atoms with Crippen LogP contribution < -0.4 is 10.2 Å². The third-order valence-electron chi connectivity index (χ3n) is 4.03. The van der Waals surface area contributed by atoms with Crippen molar-refractivity contribution in [3.05, 3.63) is 54.6 Å². The summed E-state index contributed by atoms with van der Waals surface area (Å²) in [5.41, 5.74) is 2.33. The highest BCUT2D eigenvalue weighted by atomic mass is 16.2. The van der Waals surface area contributed by atoms with Crippen LogP contribution in [0.1, 0.15) is 22.3 Å². The van der Waals surface area contributed by atoms with E-state index in [0.717, 1.165) is 24.1 Å². The van der Waals surface area contributed by atoms with E-state index in [2.05, 4.69) is 22.0 Å². The van der Waals surface area contributed by atoms with E-state index in [-0.39, 0.29) is 11.8 Å². The van der Waals surface area contributed by atoms with Gasteiger partial charge in [-0.25, -0.2) is 4.98 Å². The molecular formula is C17H19N5O2. The van der Waals surface area contributed by atoms with Crippen LogP contribution in [0.2, 0.25) is 0 Å². The van der Waals surface area contributed by atoms with Gasteiger partial charge in [0, 0.05) is 24.3 Å². The molecule has 24 heavy (non-hydrogen) atoms. The fourth-order valence-electron chi connectivity index (χ4n) is 2.90. The number of anilines is 1. The summed E-state index contributed by atoms with van der Waals surface area (Å²) in [4.78, 5) is 30.1. The van der Waals surface area contributed by atoms with Crippen molar-refractivity contribution >= 4 is 17.5 Å². The van der Waals surface area contributed by atoms with Crippen LogP contribution in [0.25, 0.3) is 0 Å². The number of aromatic nitrogens is 3. The normalized spacial score (nSPS) is 13.2. The SMILES string of the molecule is C=CC(=O)N1CCCc2c(C(=O)NCCn3cncn3)cccc21. The standard InChI is InChI=1S/C17H19N5O2/c1-2-16(23)22-9-4-6-13-14(5-3-7-15(13)22)17(24)19-8-10-21-12-18-11-20-21/h2-3,5,7,11-12H,1,4,6,8-10H2,(H,19,24).